The molecule has 0 aliphatic heterocycles. The number of pyridine rings is 1. The average Bonchev–Trinajstić information content (AvgIpc) is 3.13. The number of carbonyl (C=O) groups excluding carboxylic acids is 1. The van der Waals surface area contributed by atoms with E-state index in [-0.39, 0.29) is 11.7 Å². The molecule has 0 saturated carbocycles. The molecule has 29 heavy (non-hydrogen) atoms. The molecular weight excluding hydrogens is 371 g/mol. The maximum absolute atomic E-state index is 13.1. The number of aryl methyl sites for hydroxylation is 1. The summed E-state index contributed by atoms with van der Waals surface area (Å²) in [5, 5.41) is 7.80. The molecule has 6 nitrogen and oxygen atoms in total. The Bertz CT molecular complexity index is 1170. The molecule has 0 spiro atoms. The Balaban J connectivity index is 1.68. The minimum atomic E-state index is -0.310. The van der Waals surface area contributed by atoms with Gasteiger partial charge in [-0.15, -0.1) is 0 Å². The Hall–Kier alpha value is -3.74. The molecule has 0 saturated heterocycles. The summed E-state index contributed by atoms with van der Waals surface area (Å²) in [4.78, 5) is 17.6. The van der Waals surface area contributed by atoms with Crippen LogP contribution in [-0.4, -0.2) is 27.8 Å². The van der Waals surface area contributed by atoms with Gasteiger partial charge in [0.1, 0.15) is 11.6 Å². The van der Waals surface area contributed by atoms with Gasteiger partial charge >= 0.3 is 0 Å². The topological polar surface area (TPSA) is 69.0 Å². The van der Waals surface area contributed by atoms with Crippen molar-refractivity contribution in [2.75, 3.05) is 7.11 Å². The minimum Gasteiger partial charge on any atom is -0.497 e. The molecule has 2 aromatic heterocycles. The van der Waals surface area contributed by atoms with Crippen molar-refractivity contribution >= 4 is 16.9 Å². The van der Waals surface area contributed by atoms with E-state index in [1.54, 1.807) is 43.2 Å². The number of hydrogen-bond donors (Lipinski definition) is 1. The van der Waals surface area contributed by atoms with Crippen LogP contribution in [0.1, 0.15) is 15.9 Å². The zero-order valence-electron chi connectivity index (χ0n) is 16.0. The van der Waals surface area contributed by atoms with Crippen LogP contribution in [0.25, 0.3) is 22.3 Å². The maximum Gasteiger partial charge on any atom is 0.252 e. The standard InChI is InChI=1S/C22H19FN4O2/c1-27-21-19(13-25-27)18(22(28)24-12-14-3-7-16(23)8-4-14)11-20(26-21)15-5-9-17(29-2)10-6-15/h3-11,13H,12H2,1-2H3,(H,24,28). The lowest BCUT2D eigenvalue weighted by atomic mass is 10.1. The van der Waals surface area contributed by atoms with Crippen molar-refractivity contribution < 1.29 is 13.9 Å². The molecule has 1 amide bonds. The van der Waals surface area contributed by atoms with E-state index in [9.17, 15) is 9.18 Å². The number of benzene rings is 2. The molecule has 0 unspecified atom stereocenters. The number of hydrogen-bond acceptors (Lipinski definition) is 4. The second-order valence-corrected chi connectivity index (χ2v) is 6.60. The number of halogens is 1. The minimum absolute atomic E-state index is 0.246. The van der Waals surface area contributed by atoms with Crippen LogP contribution < -0.4 is 10.1 Å². The number of nitrogens with one attached hydrogen (secondary N) is 1. The summed E-state index contributed by atoms with van der Waals surface area (Å²) in [5.74, 6) is 0.188. The van der Waals surface area contributed by atoms with E-state index in [4.69, 9.17) is 4.74 Å². The summed E-state index contributed by atoms with van der Waals surface area (Å²) < 4.78 is 19.9. The fourth-order valence-electron chi connectivity index (χ4n) is 3.09. The van der Waals surface area contributed by atoms with Gasteiger partial charge in [-0.2, -0.15) is 5.10 Å². The molecular formula is C22H19FN4O2. The molecule has 0 aliphatic carbocycles. The lowest BCUT2D eigenvalue weighted by Crippen LogP contribution is -2.23. The van der Waals surface area contributed by atoms with Crippen molar-refractivity contribution in [3.05, 3.63) is 77.7 Å². The van der Waals surface area contributed by atoms with Gasteiger partial charge in [0, 0.05) is 19.2 Å². The number of amides is 1. The number of nitrogens with zero attached hydrogens (tertiary/aromatic N) is 3. The number of ether oxygens (including phenoxy) is 1. The van der Waals surface area contributed by atoms with E-state index in [2.05, 4.69) is 15.4 Å². The van der Waals surface area contributed by atoms with Crippen LogP contribution >= 0.6 is 0 Å². The van der Waals surface area contributed by atoms with Crippen LogP contribution in [0.3, 0.4) is 0 Å². The monoisotopic (exact) mass is 390 g/mol. The van der Waals surface area contributed by atoms with Gasteiger partial charge in [0.15, 0.2) is 5.65 Å². The Morgan fingerprint density at radius 2 is 1.86 bits per heavy atom. The predicted molar refractivity (Wildman–Crippen MR) is 108 cm³/mol. The number of methoxy groups -OCH3 is 1. The number of fused-ring (bicyclic) bond motifs is 1. The van der Waals surface area contributed by atoms with Crippen LogP contribution in [0, 0.1) is 5.82 Å². The molecule has 146 valence electrons. The third-order valence-electron chi connectivity index (χ3n) is 4.70. The van der Waals surface area contributed by atoms with Crippen molar-refractivity contribution in [2.24, 2.45) is 7.05 Å². The average molecular weight is 390 g/mol. The van der Waals surface area contributed by atoms with E-state index in [0.717, 1.165) is 16.9 Å². The van der Waals surface area contributed by atoms with Crippen LogP contribution in [-0.2, 0) is 13.6 Å². The third kappa shape index (κ3) is 3.80. The van der Waals surface area contributed by atoms with Crippen molar-refractivity contribution in [1.29, 1.82) is 0 Å². The second-order valence-electron chi connectivity index (χ2n) is 6.60. The summed E-state index contributed by atoms with van der Waals surface area (Å²) in [5.41, 5.74) is 3.44. The van der Waals surface area contributed by atoms with Crippen LogP contribution in [0.15, 0.2) is 60.8 Å². The third-order valence-corrected chi connectivity index (χ3v) is 4.70. The molecule has 4 aromatic rings. The second kappa shape index (κ2) is 7.71. The smallest absolute Gasteiger partial charge is 0.252 e. The lowest BCUT2D eigenvalue weighted by molar-refractivity contribution is 0.0952. The molecule has 2 heterocycles. The van der Waals surface area contributed by atoms with Crippen LogP contribution in [0.2, 0.25) is 0 Å². The maximum atomic E-state index is 13.1. The van der Waals surface area contributed by atoms with Gasteiger partial charge < -0.3 is 10.1 Å². The summed E-state index contributed by atoms with van der Waals surface area (Å²) >= 11 is 0. The number of rotatable bonds is 5. The summed E-state index contributed by atoms with van der Waals surface area (Å²) in [6, 6.07) is 15.3. The molecule has 0 fully saturated rings. The molecule has 0 radical (unpaired) electrons. The van der Waals surface area contributed by atoms with Crippen molar-refractivity contribution in [2.45, 2.75) is 6.54 Å². The van der Waals surface area contributed by atoms with E-state index in [1.807, 2.05) is 24.3 Å². The Morgan fingerprint density at radius 1 is 1.14 bits per heavy atom. The molecule has 0 aliphatic rings. The largest absolute Gasteiger partial charge is 0.497 e. The van der Waals surface area contributed by atoms with E-state index in [0.29, 0.717) is 28.8 Å². The zero-order valence-corrected chi connectivity index (χ0v) is 16.0. The van der Waals surface area contributed by atoms with Gasteiger partial charge in [0.05, 0.1) is 30.0 Å². The highest BCUT2D eigenvalue weighted by molar-refractivity contribution is 6.06. The Morgan fingerprint density at radius 3 is 2.55 bits per heavy atom. The lowest BCUT2D eigenvalue weighted by Gasteiger charge is -2.10. The van der Waals surface area contributed by atoms with Gasteiger partial charge in [-0.1, -0.05) is 12.1 Å². The summed E-state index contributed by atoms with van der Waals surface area (Å²) in [6.07, 6.45) is 1.63. The summed E-state index contributed by atoms with van der Waals surface area (Å²) in [7, 11) is 3.39. The first-order valence-electron chi connectivity index (χ1n) is 9.05. The Labute approximate surface area is 167 Å². The van der Waals surface area contributed by atoms with Gasteiger partial charge in [0.2, 0.25) is 0 Å². The van der Waals surface area contributed by atoms with Crippen LogP contribution in [0.5, 0.6) is 5.75 Å². The first-order chi connectivity index (χ1) is 14.0. The SMILES string of the molecule is COc1ccc(-c2cc(C(=O)NCc3ccc(F)cc3)c3cnn(C)c3n2)cc1. The molecule has 7 heteroatoms. The van der Waals surface area contributed by atoms with Gasteiger partial charge in [-0.25, -0.2) is 9.37 Å². The van der Waals surface area contributed by atoms with Gasteiger partial charge in [-0.3, -0.25) is 9.48 Å². The Kier molecular flexibility index (Phi) is 4.95. The fourth-order valence-corrected chi connectivity index (χ4v) is 3.09. The highest BCUT2D eigenvalue weighted by atomic mass is 19.1. The zero-order chi connectivity index (χ0) is 20.4. The van der Waals surface area contributed by atoms with E-state index < -0.39 is 0 Å². The van der Waals surface area contributed by atoms with Crippen molar-refractivity contribution in [3.63, 3.8) is 0 Å². The normalized spacial score (nSPS) is 10.9. The molecule has 4 rings (SSSR count). The fraction of sp³-hybridized carbons (Fsp3) is 0.136. The predicted octanol–water partition coefficient (Wildman–Crippen LogP) is 3.71. The highest BCUT2D eigenvalue weighted by Gasteiger charge is 2.16. The van der Waals surface area contributed by atoms with E-state index in [1.165, 1.54) is 12.1 Å². The molecule has 2 aromatic carbocycles. The number of carbonyl (C=O) groups is 1. The van der Waals surface area contributed by atoms with Gasteiger partial charge in [0.25, 0.3) is 5.91 Å². The first-order valence-corrected chi connectivity index (χ1v) is 9.05. The number of aromatic nitrogens is 3. The summed E-state index contributed by atoms with van der Waals surface area (Å²) in [6.45, 7) is 0.293. The van der Waals surface area contributed by atoms with Crippen molar-refractivity contribution in [3.8, 4) is 17.0 Å². The molecule has 1 N–H and O–H groups in total. The molecule has 0 atom stereocenters. The van der Waals surface area contributed by atoms with Crippen molar-refractivity contribution in [1.82, 2.24) is 20.1 Å². The van der Waals surface area contributed by atoms with E-state index >= 15 is 0 Å². The highest BCUT2D eigenvalue weighted by Crippen LogP contribution is 2.26. The van der Waals surface area contributed by atoms with Gasteiger partial charge in [-0.05, 0) is 48.0 Å². The molecule has 0 bridgehead atoms. The van der Waals surface area contributed by atoms with Crippen LogP contribution in [0.4, 0.5) is 4.39 Å². The quantitative estimate of drug-likeness (QED) is 0.564. The first kappa shape index (κ1) is 18.6.